The predicted molar refractivity (Wildman–Crippen MR) is 255 cm³/mol. The molecule has 5 N–H and O–H groups in total. The number of fused-ring (bicyclic) bond motifs is 1. The Balaban J connectivity index is 0.784. The predicted octanol–water partition coefficient (Wildman–Crippen LogP) is 7.30. The van der Waals surface area contributed by atoms with Gasteiger partial charge in [0.05, 0.1) is 28.6 Å². The molecule has 2 aromatic carbocycles. The van der Waals surface area contributed by atoms with Gasteiger partial charge in [0.25, 0.3) is 0 Å². The first kappa shape index (κ1) is 49.5. The summed E-state index contributed by atoms with van der Waals surface area (Å²) in [6.45, 7) is 13.5. The molecular formula is C49H63F3N10O4S. The number of carbonyl (C=O) groups excluding carboxylic acids is 3. The van der Waals surface area contributed by atoms with E-state index in [1.807, 2.05) is 63.7 Å². The largest absolute Gasteiger partial charge is 0.391 e. The molecule has 360 valence electrons. The third-order valence-electron chi connectivity index (χ3n) is 12.6. The lowest BCUT2D eigenvalue weighted by molar-refractivity contribution is -0.144. The fourth-order valence-electron chi connectivity index (χ4n) is 8.75. The minimum absolute atomic E-state index is 0.0297. The number of unbranched alkanes of at least 4 members (excludes halogenated alkanes) is 3. The number of β-amino-alcohol motifs (C(OH)–C–C–N with tert-alkyl or cyclic N) is 1. The molecule has 0 spiro atoms. The van der Waals surface area contributed by atoms with Gasteiger partial charge in [0.2, 0.25) is 23.7 Å². The maximum atomic E-state index is 14.0. The van der Waals surface area contributed by atoms with Crippen molar-refractivity contribution in [1.82, 2.24) is 45.3 Å². The summed E-state index contributed by atoms with van der Waals surface area (Å²) in [5.41, 5.74) is 7.84. The molecule has 0 bridgehead atoms. The highest BCUT2D eigenvalue weighted by atomic mass is 32.1. The summed E-state index contributed by atoms with van der Waals surface area (Å²) in [5.74, 6) is -0.741. The van der Waals surface area contributed by atoms with Crippen LogP contribution in [0.25, 0.3) is 32.6 Å². The number of hydrogen-bond acceptors (Lipinski definition) is 11. The van der Waals surface area contributed by atoms with Crippen LogP contribution in [-0.4, -0.2) is 128 Å². The molecule has 14 nitrogen and oxygen atoms in total. The van der Waals surface area contributed by atoms with E-state index in [0.29, 0.717) is 18.5 Å². The van der Waals surface area contributed by atoms with Gasteiger partial charge in [-0.1, -0.05) is 82.1 Å². The average molecular weight is 945 g/mol. The first-order chi connectivity index (χ1) is 32.0. The Bertz CT molecular complexity index is 2430. The Morgan fingerprint density at radius 2 is 1.60 bits per heavy atom. The Morgan fingerprint density at radius 3 is 2.28 bits per heavy atom. The topological polar surface area (TPSA) is 172 Å². The molecule has 3 amide bonds. The quantitative estimate of drug-likeness (QED) is 0.0530. The first-order valence-corrected chi connectivity index (χ1v) is 24.1. The fourth-order valence-corrected chi connectivity index (χ4v) is 9.57. The number of rotatable bonds is 19. The van der Waals surface area contributed by atoms with Crippen LogP contribution in [0, 0.1) is 12.3 Å². The number of nitrogens with zero attached hydrogens (tertiary/aromatic N) is 6. The Morgan fingerprint density at radius 1 is 0.910 bits per heavy atom. The van der Waals surface area contributed by atoms with E-state index in [2.05, 4.69) is 70.0 Å². The van der Waals surface area contributed by atoms with Crippen LogP contribution in [0.4, 0.5) is 19.1 Å². The van der Waals surface area contributed by atoms with Crippen molar-refractivity contribution >= 4 is 46.0 Å². The van der Waals surface area contributed by atoms with Gasteiger partial charge in [0.1, 0.15) is 17.7 Å². The molecule has 0 saturated carbocycles. The van der Waals surface area contributed by atoms with Crippen LogP contribution in [0.3, 0.4) is 0 Å². The number of carbonyl (C=O) groups is 3. The van der Waals surface area contributed by atoms with Gasteiger partial charge in [-0.3, -0.25) is 19.3 Å². The number of piperazine rings is 1. The molecule has 67 heavy (non-hydrogen) atoms. The zero-order valence-corrected chi connectivity index (χ0v) is 39.6. The lowest BCUT2D eigenvalue weighted by Gasteiger charge is -2.35. The minimum Gasteiger partial charge on any atom is -0.391 e. The molecule has 0 radical (unpaired) electrons. The number of nitrogens with one attached hydrogen (secondary N) is 4. The molecule has 3 atom stereocenters. The van der Waals surface area contributed by atoms with Gasteiger partial charge in [0, 0.05) is 88.5 Å². The molecule has 0 unspecified atom stereocenters. The van der Waals surface area contributed by atoms with Crippen LogP contribution in [0.1, 0.15) is 82.5 Å². The molecule has 2 aliphatic rings. The van der Waals surface area contributed by atoms with E-state index in [0.717, 1.165) is 96.7 Å². The SMILES string of the molecule is Cc1ncsc1-c1ccc(CNC(=O)[C@@H]2C[C@@H](O)CN2C(=O)[C@@H](NC(=O)CCCCCCN2CCN(Cc3ccc(-c4c[nH]c5nc(NCCC(F)(F)F)ncc45)cc3)CC2)C(C)(C)C)cc1. The number of benzene rings is 2. The minimum atomic E-state index is -4.24. The first-order valence-electron chi connectivity index (χ1n) is 23.2. The van der Waals surface area contributed by atoms with Crippen molar-refractivity contribution in [2.45, 2.75) is 110 Å². The van der Waals surface area contributed by atoms with Crippen molar-refractivity contribution in [3.8, 4) is 21.6 Å². The van der Waals surface area contributed by atoms with E-state index in [9.17, 15) is 32.7 Å². The third-order valence-corrected chi connectivity index (χ3v) is 13.6. The Kier molecular flexibility index (Phi) is 16.3. The zero-order valence-electron chi connectivity index (χ0n) is 38.8. The summed E-state index contributed by atoms with van der Waals surface area (Å²) < 4.78 is 37.5. The normalized spacial score (nSPS) is 17.8. The van der Waals surface area contributed by atoms with E-state index in [4.69, 9.17) is 0 Å². The molecule has 2 saturated heterocycles. The van der Waals surface area contributed by atoms with Crippen molar-refractivity contribution in [1.29, 1.82) is 0 Å². The monoisotopic (exact) mass is 944 g/mol. The smallest absolute Gasteiger partial charge is 0.390 e. The Hall–Kier alpha value is -5.43. The number of aryl methyl sites for hydroxylation is 1. The molecular weight excluding hydrogens is 882 g/mol. The van der Waals surface area contributed by atoms with Crippen molar-refractivity contribution in [3.05, 3.63) is 83.3 Å². The number of alkyl halides is 3. The van der Waals surface area contributed by atoms with Crippen molar-refractivity contribution < 1.29 is 32.7 Å². The van der Waals surface area contributed by atoms with E-state index in [1.165, 1.54) is 10.5 Å². The molecule has 5 aromatic rings. The summed E-state index contributed by atoms with van der Waals surface area (Å²) in [6.07, 6.45) is 1.53. The third kappa shape index (κ3) is 13.6. The van der Waals surface area contributed by atoms with E-state index >= 15 is 0 Å². The molecule has 0 aliphatic carbocycles. The number of anilines is 1. The Labute approximate surface area is 394 Å². The number of aliphatic hydroxyl groups is 1. The molecule has 18 heteroatoms. The highest BCUT2D eigenvalue weighted by Crippen LogP contribution is 2.31. The van der Waals surface area contributed by atoms with E-state index in [1.54, 1.807) is 17.5 Å². The summed E-state index contributed by atoms with van der Waals surface area (Å²) >= 11 is 1.58. The number of aliphatic hydroxyl groups excluding tert-OH is 1. The number of likely N-dealkylation sites (tertiary alicyclic amines) is 1. The lowest BCUT2D eigenvalue weighted by atomic mass is 9.85. The lowest BCUT2D eigenvalue weighted by Crippen LogP contribution is -2.57. The van der Waals surface area contributed by atoms with Gasteiger partial charge in [-0.2, -0.15) is 18.2 Å². The van der Waals surface area contributed by atoms with Crippen molar-refractivity contribution in [3.63, 3.8) is 0 Å². The fraction of sp³-hybridized carbons (Fsp3) is 0.510. The van der Waals surface area contributed by atoms with Gasteiger partial charge >= 0.3 is 6.18 Å². The highest BCUT2D eigenvalue weighted by Gasteiger charge is 2.44. The summed E-state index contributed by atoms with van der Waals surface area (Å²) in [5, 5.41) is 20.0. The van der Waals surface area contributed by atoms with Crippen LogP contribution in [0.15, 0.2) is 66.4 Å². The molecule has 3 aromatic heterocycles. The number of amides is 3. The van der Waals surface area contributed by atoms with Gasteiger partial charge in [-0.25, -0.2) is 9.97 Å². The van der Waals surface area contributed by atoms with Crippen molar-refractivity contribution in [2.75, 3.05) is 51.1 Å². The van der Waals surface area contributed by atoms with Crippen LogP contribution in [-0.2, 0) is 27.5 Å². The van der Waals surface area contributed by atoms with Crippen LogP contribution in [0.5, 0.6) is 0 Å². The number of hydrogen-bond donors (Lipinski definition) is 5. The molecule has 2 aliphatic heterocycles. The summed E-state index contributed by atoms with van der Waals surface area (Å²) in [4.78, 5) is 64.2. The second kappa shape index (κ2) is 22.1. The molecule has 5 heterocycles. The molecule has 2 fully saturated rings. The maximum Gasteiger partial charge on any atom is 0.390 e. The van der Waals surface area contributed by atoms with Crippen LogP contribution >= 0.6 is 11.3 Å². The van der Waals surface area contributed by atoms with Gasteiger partial charge < -0.3 is 35.8 Å². The summed E-state index contributed by atoms with van der Waals surface area (Å²) in [7, 11) is 0. The highest BCUT2D eigenvalue weighted by molar-refractivity contribution is 7.13. The second-order valence-corrected chi connectivity index (χ2v) is 19.7. The second-order valence-electron chi connectivity index (χ2n) is 18.9. The zero-order chi connectivity index (χ0) is 47.7. The average Bonchev–Trinajstić information content (AvgIpc) is 4.04. The number of aromatic nitrogens is 4. The van der Waals surface area contributed by atoms with Gasteiger partial charge in [-0.15, -0.1) is 11.3 Å². The van der Waals surface area contributed by atoms with Crippen molar-refractivity contribution in [2.24, 2.45) is 5.41 Å². The number of H-pyrrole nitrogens is 1. The number of halogens is 3. The standard InChI is InChI=1S/C49H63F3N10O4S/c1-32-42(67-31-57-32)36-16-10-33(11-17-36)26-55-45(65)40-25-37(63)30-62(40)46(66)43(48(2,3)4)58-41(64)9-7-5-6-8-20-60-21-23-61(24-22-60)29-34-12-14-35(15-13-34)38-27-54-44-39(38)28-56-47(59-44)53-19-18-49(50,51)52/h10-17,27-28,31,37,40,43,63H,5-9,18-26,29-30H2,1-4H3,(H,55,65)(H,58,64)(H2,53,54,56,59)/t37-,40+,43-/m1/s1. The van der Waals surface area contributed by atoms with Gasteiger partial charge in [0.15, 0.2) is 0 Å². The van der Waals surface area contributed by atoms with E-state index in [-0.39, 0.29) is 49.7 Å². The maximum absolute atomic E-state index is 14.0. The summed E-state index contributed by atoms with van der Waals surface area (Å²) in [6, 6.07) is 14.6. The van der Waals surface area contributed by atoms with E-state index < -0.39 is 36.2 Å². The van der Waals surface area contributed by atoms with Gasteiger partial charge in [-0.05, 0) is 54.0 Å². The number of aromatic amines is 1. The number of thiazole rings is 1. The van der Waals surface area contributed by atoms with Crippen LogP contribution < -0.4 is 16.0 Å². The molecule has 7 rings (SSSR count). The van der Waals surface area contributed by atoms with Crippen LogP contribution in [0.2, 0.25) is 0 Å².